The quantitative estimate of drug-likeness (QED) is 0.190. The molecule has 0 fully saturated rings. The van der Waals surface area contributed by atoms with Gasteiger partial charge in [0.05, 0.1) is 92.5 Å². The van der Waals surface area contributed by atoms with Crippen LogP contribution in [0.15, 0.2) is 0 Å². The van der Waals surface area contributed by atoms with Gasteiger partial charge < -0.3 is 43.0 Å². The maximum absolute atomic E-state index is 8.68. The third-order valence-corrected chi connectivity index (χ3v) is 3.86. The summed E-state index contributed by atoms with van der Waals surface area (Å²) in [4.78, 5) is 0. The van der Waals surface area contributed by atoms with Crippen LogP contribution in [0.4, 0.5) is 0 Å². The second kappa shape index (κ2) is 28.6. The van der Waals surface area contributed by atoms with Crippen LogP contribution in [0.3, 0.4) is 0 Å². The second-order valence-corrected chi connectivity index (χ2v) is 6.42. The van der Waals surface area contributed by atoms with Gasteiger partial charge in [-0.05, 0) is 12.8 Å². The van der Waals surface area contributed by atoms with Gasteiger partial charge in [-0.3, -0.25) is 0 Å². The first-order chi connectivity index (χ1) is 14.9. The van der Waals surface area contributed by atoms with Crippen LogP contribution in [-0.4, -0.2) is 118 Å². The van der Waals surface area contributed by atoms with E-state index < -0.39 is 0 Å². The lowest BCUT2D eigenvalue weighted by Gasteiger charge is -2.08. The van der Waals surface area contributed by atoms with Crippen molar-refractivity contribution in [2.45, 2.75) is 25.7 Å². The molecule has 0 unspecified atom stereocenters. The Bertz CT molecular complexity index is 268. The summed E-state index contributed by atoms with van der Waals surface area (Å²) < 4.78 is 42.7. The van der Waals surface area contributed by atoms with Gasteiger partial charge in [0.2, 0.25) is 0 Å². The molecule has 1 N–H and O–H groups in total. The van der Waals surface area contributed by atoms with E-state index in [2.05, 4.69) is 0 Å². The second-order valence-electron chi connectivity index (χ2n) is 6.42. The number of aliphatic hydroxyl groups excluding tert-OH is 1. The van der Waals surface area contributed by atoms with E-state index in [4.69, 9.17) is 43.0 Å². The van der Waals surface area contributed by atoms with Crippen LogP contribution in [-0.2, 0) is 37.9 Å². The van der Waals surface area contributed by atoms with E-state index >= 15 is 0 Å². The molecule has 0 rings (SSSR count). The first-order valence-corrected chi connectivity index (χ1v) is 11.1. The Morgan fingerprint density at radius 1 is 0.367 bits per heavy atom. The van der Waals surface area contributed by atoms with Crippen molar-refractivity contribution in [2.75, 3.05) is 113 Å². The smallest absolute Gasteiger partial charge is 0.0701 e. The molecule has 0 aliphatic carbocycles. The molecule has 9 nitrogen and oxygen atoms in total. The van der Waals surface area contributed by atoms with Crippen molar-refractivity contribution < 1.29 is 43.0 Å². The summed E-state index contributed by atoms with van der Waals surface area (Å²) in [6, 6.07) is 0. The molecule has 0 radical (unpaired) electrons. The van der Waals surface area contributed by atoms with Crippen molar-refractivity contribution in [3.8, 4) is 0 Å². The average Bonchev–Trinajstić information content (AvgIpc) is 2.76. The summed E-state index contributed by atoms with van der Waals surface area (Å²) in [6.07, 6.45) is 4.08. The standard InChI is InChI=1S/C21H44O9/c1-23-8-9-25-12-13-27-16-17-29-20-21-30-19-18-28-15-14-26-11-10-24-7-5-3-2-4-6-22/h22H,2-21H2,1H3. The van der Waals surface area contributed by atoms with E-state index in [0.717, 1.165) is 32.3 Å². The highest BCUT2D eigenvalue weighted by Gasteiger charge is 1.95. The molecule has 0 aliphatic rings. The SMILES string of the molecule is COCCOCCOCCOCCOCCOCCOCCOCCCCCCO. The van der Waals surface area contributed by atoms with Crippen LogP contribution in [0.5, 0.6) is 0 Å². The Morgan fingerprint density at radius 3 is 1.00 bits per heavy atom. The van der Waals surface area contributed by atoms with Crippen LogP contribution >= 0.6 is 0 Å². The largest absolute Gasteiger partial charge is 0.396 e. The maximum atomic E-state index is 8.68. The van der Waals surface area contributed by atoms with Crippen molar-refractivity contribution >= 4 is 0 Å². The van der Waals surface area contributed by atoms with Gasteiger partial charge in [-0.1, -0.05) is 12.8 Å². The minimum Gasteiger partial charge on any atom is -0.396 e. The van der Waals surface area contributed by atoms with E-state index in [1.807, 2.05) is 0 Å². The fraction of sp³-hybridized carbons (Fsp3) is 1.00. The van der Waals surface area contributed by atoms with Gasteiger partial charge in [-0.25, -0.2) is 0 Å². The molecule has 0 aromatic heterocycles. The fourth-order valence-electron chi connectivity index (χ4n) is 2.23. The van der Waals surface area contributed by atoms with Gasteiger partial charge in [0, 0.05) is 20.3 Å². The topological polar surface area (TPSA) is 94.1 Å². The molecule has 182 valence electrons. The molecular formula is C21H44O9. The first kappa shape index (κ1) is 29.6. The van der Waals surface area contributed by atoms with Gasteiger partial charge >= 0.3 is 0 Å². The van der Waals surface area contributed by atoms with E-state index in [0.29, 0.717) is 92.5 Å². The molecule has 0 amide bonds. The molecular weight excluding hydrogens is 396 g/mol. The van der Waals surface area contributed by atoms with Crippen LogP contribution in [0, 0.1) is 0 Å². The molecule has 0 aromatic rings. The Morgan fingerprint density at radius 2 is 0.667 bits per heavy atom. The van der Waals surface area contributed by atoms with Crippen LogP contribution in [0.2, 0.25) is 0 Å². The van der Waals surface area contributed by atoms with Crippen molar-refractivity contribution in [1.82, 2.24) is 0 Å². The monoisotopic (exact) mass is 440 g/mol. The fourth-order valence-corrected chi connectivity index (χ4v) is 2.23. The Labute approximate surface area is 182 Å². The molecule has 0 aliphatic heterocycles. The summed E-state index contributed by atoms with van der Waals surface area (Å²) in [5.41, 5.74) is 0. The number of rotatable bonds is 27. The minimum atomic E-state index is 0.279. The first-order valence-electron chi connectivity index (χ1n) is 11.1. The zero-order chi connectivity index (χ0) is 21.8. The highest BCUT2D eigenvalue weighted by Crippen LogP contribution is 1.99. The number of hydrogen-bond acceptors (Lipinski definition) is 9. The lowest BCUT2D eigenvalue weighted by Crippen LogP contribution is -2.14. The molecule has 0 spiro atoms. The summed E-state index contributed by atoms with van der Waals surface area (Å²) in [7, 11) is 1.65. The molecule has 0 saturated carbocycles. The van der Waals surface area contributed by atoms with E-state index in [1.54, 1.807) is 7.11 Å². The van der Waals surface area contributed by atoms with E-state index in [9.17, 15) is 0 Å². The van der Waals surface area contributed by atoms with E-state index in [-0.39, 0.29) is 6.61 Å². The number of unbranched alkanes of at least 4 members (excludes halogenated alkanes) is 3. The highest BCUT2D eigenvalue weighted by atomic mass is 16.6. The number of hydrogen-bond donors (Lipinski definition) is 1. The number of aliphatic hydroxyl groups is 1. The summed E-state index contributed by atoms with van der Waals surface area (Å²) in [5.74, 6) is 0. The summed E-state index contributed by atoms with van der Waals surface area (Å²) in [6.45, 7) is 8.90. The van der Waals surface area contributed by atoms with Crippen LogP contribution in [0.25, 0.3) is 0 Å². The van der Waals surface area contributed by atoms with Gasteiger partial charge in [0.1, 0.15) is 0 Å². The summed E-state index contributed by atoms with van der Waals surface area (Å²) in [5, 5.41) is 8.68. The minimum absolute atomic E-state index is 0.279. The summed E-state index contributed by atoms with van der Waals surface area (Å²) >= 11 is 0. The predicted molar refractivity (Wildman–Crippen MR) is 113 cm³/mol. The third kappa shape index (κ3) is 27.6. The lowest BCUT2D eigenvalue weighted by atomic mass is 10.2. The van der Waals surface area contributed by atoms with Crippen molar-refractivity contribution in [1.29, 1.82) is 0 Å². The highest BCUT2D eigenvalue weighted by molar-refractivity contribution is 4.42. The molecule has 0 atom stereocenters. The van der Waals surface area contributed by atoms with Crippen LogP contribution in [0.1, 0.15) is 25.7 Å². The van der Waals surface area contributed by atoms with Crippen molar-refractivity contribution in [2.24, 2.45) is 0 Å². The van der Waals surface area contributed by atoms with Gasteiger partial charge in [-0.2, -0.15) is 0 Å². The zero-order valence-corrected chi connectivity index (χ0v) is 18.9. The van der Waals surface area contributed by atoms with Gasteiger partial charge in [-0.15, -0.1) is 0 Å². The Kier molecular flexibility index (Phi) is 28.3. The lowest BCUT2D eigenvalue weighted by molar-refractivity contribution is -0.0221. The van der Waals surface area contributed by atoms with Crippen LogP contribution < -0.4 is 0 Å². The molecule has 30 heavy (non-hydrogen) atoms. The number of ether oxygens (including phenoxy) is 8. The molecule has 0 saturated heterocycles. The van der Waals surface area contributed by atoms with Crippen molar-refractivity contribution in [3.63, 3.8) is 0 Å². The van der Waals surface area contributed by atoms with Gasteiger partial charge in [0.25, 0.3) is 0 Å². The normalized spacial score (nSPS) is 11.4. The maximum Gasteiger partial charge on any atom is 0.0701 e. The number of methoxy groups -OCH3 is 1. The molecule has 0 heterocycles. The molecule has 0 aromatic carbocycles. The average molecular weight is 441 g/mol. The zero-order valence-electron chi connectivity index (χ0n) is 18.9. The Hall–Kier alpha value is -0.360. The Balaban J connectivity index is 2.97. The van der Waals surface area contributed by atoms with Crippen molar-refractivity contribution in [3.05, 3.63) is 0 Å². The molecule has 9 heteroatoms. The van der Waals surface area contributed by atoms with Gasteiger partial charge in [0.15, 0.2) is 0 Å². The van der Waals surface area contributed by atoms with E-state index in [1.165, 1.54) is 0 Å². The third-order valence-electron chi connectivity index (χ3n) is 3.86. The predicted octanol–water partition coefficient (Wildman–Crippen LogP) is 1.30. The molecule has 0 bridgehead atoms.